The molecule has 0 unspecified atom stereocenters. The summed E-state index contributed by atoms with van der Waals surface area (Å²) in [5.41, 5.74) is 0.464. The summed E-state index contributed by atoms with van der Waals surface area (Å²) in [6.07, 6.45) is 0. The Hall–Kier alpha value is -1.50. The fourth-order valence-corrected chi connectivity index (χ4v) is 1.71. The summed E-state index contributed by atoms with van der Waals surface area (Å²) in [4.78, 5) is 11.6. The van der Waals surface area contributed by atoms with Gasteiger partial charge < -0.3 is 24.3 Å². The van der Waals surface area contributed by atoms with Crippen molar-refractivity contribution in [1.29, 1.82) is 0 Å². The van der Waals surface area contributed by atoms with Crippen molar-refractivity contribution in [1.82, 2.24) is 0 Å². The van der Waals surface area contributed by atoms with E-state index in [4.69, 9.17) is 30.5 Å². The maximum absolute atomic E-state index is 11.6. The number of anilines is 1. The van der Waals surface area contributed by atoms with Crippen LogP contribution in [-0.4, -0.2) is 39.6 Å². The summed E-state index contributed by atoms with van der Waals surface area (Å²) in [5, 5.41) is 3.03. The second-order valence-corrected chi connectivity index (χ2v) is 4.19. The van der Waals surface area contributed by atoms with E-state index in [0.29, 0.717) is 35.4 Å². The fourth-order valence-electron chi connectivity index (χ4n) is 1.51. The molecule has 0 atom stereocenters. The van der Waals surface area contributed by atoms with E-state index in [-0.39, 0.29) is 19.3 Å². The number of nitrogens with one attached hydrogen (secondary N) is 1. The lowest BCUT2D eigenvalue weighted by atomic mass is 10.2. The van der Waals surface area contributed by atoms with Crippen LogP contribution >= 0.6 is 11.6 Å². The van der Waals surface area contributed by atoms with Gasteiger partial charge >= 0.3 is 0 Å². The average Bonchev–Trinajstić information content (AvgIpc) is 2.82. The maximum Gasteiger partial charge on any atom is 0.250 e. The van der Waals surface area contributed by atoms with E-state index in [9.17, 15) is 4.79 Å². The lowest BCUT2D eigenvalue weighted by molar-refractivity contribution is -0.121. The zero-order valence-electron chi connectivity index (χ0n) is 10.4. The van der Waals surface area contributed by atoms with Crippen LogP contribution < -0.4 is 14.8 Å². The summed E-state index contributed by atoms with van der Waals surface area (Å²) < 4.78 is 20.3. The number of hydrogen-bond donors (Lipinski definition) is 1. The Morgan fingerprint density at radius 2 is 2.11 bits per heavy atom. The summed E-state index contributed by atoms with van der Waals surface area (Å²) in [6, 6.07) is 3.23. The van der Waals surface area contributed by atoms with Crippen LogP contribution in [0.15, 0.2) is 12.1 Å². The molecule has 1 aromatic rings. The van der Waals surface area contributed by atoms with Crippen LogP contribution in [0.4, 0.5) is 5.69 Å². The highest BCUT2D eigenvalue weighted by Gasteiger charge is 2.17. The van der Waals surface area contributed by atoms with Gasteiger partial charge in [0.15, 0.2) is 11.5 Å². The van der Waals surface area contributed by atoms with Gasteiger partial charge in [-0.05, 0) is 0 Å². The van der Waals surface area contributed by atoms with Crippen LogP contribution in [-0.2, 0) is 14.3 Å². The normalized spacial score (nSPS) is 12.5. The van der Waals surface area contributed by atoms with Crippen LogP contribution in [0.5, 0.6) is 11.5 Å². The van der Waals surface area contributed by atoms with Crippen LogP contribution in [0.1, 0.15) is 0 Å². The molecule has 0 saturated carbocycles. The van der Waals surface area contributed by atoms with Gasteiger partial charge in [0.1, 0.15) is 6.61 Å². The highest BCUT2D eigenvalue weighted by molar-refractivity contribution is 6.34. The molecule has 1 N–H and O–H groups in total. The van der Waals surface area contributed by atoms with Crippen LogP contribution in [0.3, 0.4) is 0 Å². The highest BCUT2D eigenvalue weighted by Crippen LogP contribution is 2.39. The van der Waals surface area contributed by atoms with E-state index in [1.165, 1.54) is 0 Å². The van der Waals surface area contributed by atoms with E-state index in [0.717, 1.165) is 0 Å². The molecule has 2 rings (SSSR count). The Kier molecular flexibility index (Phi) is 4.84. The molecule has 19 heavy (non-hydrogen) atoms. The number of halogens is 1. The van der Waals surface area contributed by atoms with Crippen molar-refractivity contribution in [2.45, 2.75) is 0 Å². The van der Waals surface area contributed by atoms with Crippen molar-refractivity contribution in [3.8, 4) is 11.5 Å². The Balaban J connectivity index is 1.90. The Morgan fingerprint density at radius 3 is 2.84 bits per heavy atom. The smallest absolute Gasteiger partial charge is 0.250 e. The van der Waals surface area contributed by atoms with Crippen LogP contribution in [0.2, 0.25) is 5.02 Å². The Labute approximate surface area is 115 Å². The van der Waals surface area contributed by atoms with Gasteiger partial charge in [0.05, 0.1) is 23.9 Å². The first-order chi connectivity index (χ1) is 9.20. The molecule has 0 saturated heterocycles. The summed E-state index contributed by atoms with van der Waals surface area (Å²) in [6.45, 7) is 0.897. The average molecular weight is 288 g/mol. The first-order valence-electron chi connectivity index (χ1n) is 5.66. The molecule has 0 bridgehead atoms. The number of methoxy groups -OCH3 is 1. The second kappa shape index (κ2) is 6.60. The van der Waals surface area contributed by atoms with Crippen LogP contribution in [0.25, 0.3) is 0 Å². The molecule has 0 fully saturated rings. The van der Waals surface area contributed by atoms with E-state index in [1.54, 1.807) is 19.2 Å². The van der Waals surface area contributed by atoms with Gasteiger partial charge in [-0.25, -0.2) is 0 Å². The number of fused-ring (bicyclic) bond motifs is 1. The quantitative estimate of drug-likeness (QED) is 0.806. The highest BCUT2D eigenvalue weighted by atomic mass is 35.5. The van der Waals surface area contributed by atoms with Gasteiger partial charge in [-0.2, -0.15) is 0 Å². The second-order valence-electron chi connectivity index (χ2n) is 3.78. The molecule has 104 valence electrons. The van der Waals surface area contributed by atoms with Gasteiger partial charge in [0.25, 0.3) is 0 Å². The molecule has 1 aliphatic heterocycles. The van der Waals surface area contributed by atoms with Crippen molar-refractivity contribution < 1.29 is 23.7 Å². The molecule has 1 heterocycles. The third kappa shape index (κ3) is 3.73. The molecule has 0 aromatic heterocycles. The van der Waals surface area contributed by atoms with Crippen molar-refractivity contribution >= 4 is 23.2 Å². The number of rotatable bonds is 6. The predicted octanol–water partition coefficient (Wildman–Crippen LogP) is 1.67. The topological polar surface area (TPSA) is 66.0 Å². The first-order valence-corrected chi connectivity index (χ1v) is 6.04. The number of amides is 1. The van der Waals surface area contributed by atoms with Crippen molar-refractivity contribution in [3.63, 3.8) is 0 Å². The van der Waals surface area contributed by atoms with Gasteiger partial charge in [-0.15, -0.1) is 0 Å². The molecule has 6 nitrogen and oxygen atoms in total. The van der Waals surface area contributed by atoms with Crippen molar-refractivity contribution in [2.24, 2.45) is 0 Å². The number of hydrogen-bond acceptors (Lipinski definition) is 5. The monoisotopic (exact) mass is 287 g/mol. The van der Waals surface area contributed by atoms with E-state index in [1.807, 2.05) is 0 Å². The minimum atomic E-state index is -0.295. The fraction of sp³-hybridized carbons (Fsp3) is 0.417. The molecule has 1 aliphatic rings. The zero-order valence-corrected chi connectivity index (χ0v) is 11.2. The standard InChI is InChI=1S/C12H14ClNO5/c1-16-2-3-17-6-12(15)14-9-5-11-10(4-8(9)13)18-7-19-11/h4-5H,2-3,6-7H2,1H3,(H,14,15). The molecule has 0 spiro atoms. The van der Waals surface area contributed by atoms with E-state index >= 15 is 0 Å². The Morgan fingerprint density at radius 1 is 1.37 bits per heavy atom. The number of ether oxygens (including phenoxy) is 4. The zero-order chi connectivity index (χ0) is 13.7. The summed E-state index contributed by atoms with van der Waals surface area (Å²) in [7, 11) is 1.57. The summed E-state index contributed by atoms with van der Waals surface area (Å²) in [5.74, 6) is 0.830. The molecular weight excluding hydrogens is 274 g/mol. The molecule has 0 aliphatic carbocycles. The van der Waals surface area contributed by atoms with Crippen molar-refractivity contribution in [2.75, 3.05) is 39.0 Å². The molecule has 1 amide bonds. The number of carbonyl (C=O) groups excluding carboxylic acids is 1. The third-order valence-corrected chi connectivity index (χ3v) is 2.71. The third-order valence-electron chi connectivity index (χ3n) is 2.40. The number of benzene rings is 1. The number of carbonyl (C=O) groups is 1. The predicted molar refractivity (Wildman–Crippen MR) is 68.9 cm³/mol. The summed E-state index contributed by atoms with van der Waals surface area (Å²) >= 11 is 6.02. The molecule has 0 radical (unpaired) electrons. The first kappa shape index (κ1) is 13.9. The lowest BCUT2D eigenvalue weighted by Crippen LogP contribution is -2.19. The van der Waals surface area contributed by atoms with Gasteiger partial charge in [0.2, 0.25) is 12.7 Å². The van der Waals surface area contributed by atoms with E-state index in [2.05, 4.69) is 5.32 Å². The van der Waals surface area contributed by atoms with Gasteiger partial charge in [0, 0.05) is 19.2 Å². The maximum atomic E-state index is 11.6. The molecule has 1 aromatic carbocycles. The van der Waals surface area contributed by atoms with Crippen LogP contribution in [0, 0.1) is 0 Å². The minimum Gasteiger partial charge on any atom is -0.454 e. The van der Waals surface area contributed by atoms with Gasteiger partial charge in [-0.1, -0.05) is 11.6 Å². The SMILES string of the molecule is COCCOCC(=O)Nc1cc2c(cc1Cl)OCO2. The van der Waals surface area contributed by atoms with Crippen molar-refractivity contribution in [3.05, 3.63) is 17.2 Å². The van der Waals surface area contributed by atoms with Gasteiger partial charge in [-0.3, -0.25) is 4.79 Å². The molecule has 7 heteroatoms. The lowest BCUT2D eigenvalue weighted by Gasteiger charge is -2.08. The van der Waals surface area contributed by atoms with E-state index < -0.39 is 0 Å². The largest absolute Gasteiger partial charge is 0.454 e. The molecular formula is C12H14ClNO5. The Bertz CT molecular complexity index is 466. The minimum absolute atomic E-state index is 0.0614.